The SMILES string of the molecule is C[C@@H](N[C@H](C)c1ccc(Cl)cc1)C(=O)Nc1cc(Cl)ccc1Cl. The van der Waals surface area contributed by atoms with Crippen molar-refractivity contribution in [3.63, 3.8) is 0 Å². The topological polar surface area (TPSA) is 41.1 Å². The van der Waals surface area contributed by atoms with E-state index < -0.39 is 6.04 Å². The van der Waals surface area contributed by atoms with Gasteiger partial charge in [0, 0.05) is 16.1 Å². The van der Waals surface area contributed by atoms with Gasteiger partial charge >= 0.3 is 0 Å². The summed E-state index contributed by atoms with van der Waals surface area (Å²) in [5, 5.41) is 7.66. The van der Waals surface area contributed by atoms with Crippen molar-refractivity contribution in [2.45, 2.75) is 25.9 Å². The van der Waals surface area contributed by atoms with Crippen LogP contribution in [0.1, 0.15) is 25.5 Å². The summed E-state index contributed by atoms with van der Waals surface area (Å²) in [6.45, 7) is 3.78. The number of carbonyl (C=O) groups excluding carboxylic acids is 1. The van der Waals surface area contributed by atoms with E-state index >= 15 is 0 Å². The first-order valence-corrected chi connectivity index (χ1v) is 8.27. The molecule has 23 heavy (non-hydrogen) atoms. The van der Waals surface area contributed by atoms with E-state index in [0.29, 0.717) is 20.8 Å². The standard InChI is InChI=1S/C17H17Cl3N2O/c1-10(12-3-5-13(18)6-4-12)21-11(2)17(23)22-16-9-14(19)7-8-15(16)20/h3-11,21H,1-2H3,(H,22,23)/t10-,11-/m1/s1. The molecule has 0 spiro atoms. The molecule has 0 fully saturated rings. The fourth-order valence-corrected chi connectivity index (χ4v) is 2.60. The quantitative estimate of drug-likeness (QED) is 0.746. The normalized spacial score (nSPS) is 13.4. The van der Waals surface area contributed by atoms with E-state index in [1.807, 2.05) is 31.2 Å². The molecule has 2 aromatic carbocycles. The molecular formula is C17H17Cl3N2O. The molecule has 0 saturated heterocycles. The molecule has 0 aromatic heterocycles. The van der Waals surface area contributed by atoms with Gasteiger partial charge in [0.25, 0.3) is 0 Å². The number of hydrogen-bond donors (Lipinski definition) is 2. The van der Waals surface area contributed by atoms with Crippen molar-refractivity contribution < 1.29 is 4.79 Å². The highest BCUT2D eigenvalue weighted by atomic mass is 35.5. The Morgan fingerprint density at radius 3 is 2.22 bits per heavy atom. The van der Waals surface area contributed by atoms with Gasteiger partial charge in [-0.3, -0.25) is 10.1 Å². The first-order chi connectivity index (χ1) is 10.9. The summed E-state index contributed by atoms with van der Waals surface area (Å²) in [4.78, 5) is 12.3. The Kier molecular flexibility index (Phi) is 6.31. The minimum Gasteiger partial charge on any atom is -0.323 e. The predicted octanol–water partition coefficient (Wildman–Crippen LogP) is 5.32. The average Bonchev–Trinajstić information content (AvgIpc) is 2.51. The van der Waals surface area contributed by atoms with Crippen molar-refractivity contribution in [1.29, 1.82) is 0 Å². The van der Waals surface area contributed by atoms with E-state index in [1.54, 1.807) is 25.1 Å². The summed E-state index contributed by atoms with van der Waals surface area (Å²) >= 11 is 17.9. The molecular weight excluding hydrogens is 355 g/mol. The van der Waals surface area contributed by atoms with Gasteiger partial charge < -0.3 is 5.32 Å². The predicted molar refractivity (Wildman–Crippen MR) is 97.6 cm³/mol. The third-order valence-corrected chi connectivity index (χ3v) is 4.27. The number of rotatable bonds is 5. The van der Waals surface area contributed by atoms with Gasteiger partial charge in [0.15, 0.2) is 0 Å². The van der Waals surface area contributed by atoms with Crippen LogP contribution in [0.2, 0.25) is 15.1 Å². The van der Waals surface area contributed by atoms with Crippen LogP contribution in [0.4, 0.5) is 5.69 Å². The van der Waals surface area contributed by atoms with Crippen molar-refractivity contribution in [3.05, 3.63) is 63.1 Å². The van der Waals surface area contributed by atoms with Gasteiger partial charge in [-0.2, -0.15) is 0 Å². The van der Waals surface area contributed by atoms with Gasteiger partial charge in [0.1, 0.15) is 0 Å². The second kappa shape index (κ2) is 8.02. The lowest BCUT2D eigenvalue weighted by molar-refractivity contribution is -0.117. The largest absolute Gasteiger partial charge is 0.323 e. The van der Waals surface area contributed by atoms with Crippen LogP contribution >= 0.6 is 34.8 Å². The van der Waals surface area contributed by atoms with Gasteiger partial charge in [-0.1, -0.05) is 46.9 Å². The minimum absolute atomic E-state index is 0.00264. The third-order valence-electron chi connectivity index (χ3n) is 3.45. The smallest absolute Gasteiger partial charge is 0.241 e. The highest BCUT2D eigenvalue weighted by molar-refractivity contribution is 6.35. The van der Waals surface area contributed by atoms with Gasteiger partial charge in [0.05, 0.1) is 16.8 Å². The molecule has 0 bridgehead atoms. The van der Waals surface area contributed by atoms with Crippen molar-refractivity contribution in [2.24, 2.45) is 0 Å². The number of carbonyl (C=O) groups is 1. The molecule has 2 N–H and O–H groups in total. The molecule has 0 aliphatic carbocycles. The minimum atomic E-state index is -0.407. The van der Waals surface area contributed by atoms with E-state index in [4.69, 9.17) is 34.8 Å². The Balaban J connectivity index is 1.99. The zero-order chi connectivity index (χ0) is 17.0. The Hall–Kier alpha value is -1.26. The Morgan fingerprint density at radius 2 is 1.57 bits per heavy atom. The molecule has 6 heteroatoms. The molecule has 0 aliphatic heterocycles. The molecule has 3 nitrogen and oxygen atoms in total. The molecule has 0 radical (unpaired) electrons. The third kappa shape index (κ3) is 5.11. The van der Waals surface area contributed by atoms with Gasteiger partial charge in [-0.25, -0.2) is 0 Å². The molecule has 2 aromatic rings. The van der Waals surface area contributed by atoms with Crippen LogP contribution in [0, 0.1) is 0 Å². The number of amides is 1. The number of hydrogen-bond acceptors (Lipinski definition) is 2. The molecule has 122 valence electrons. The van der Waals surface area contributed by atoms with E-state index in [2.05, 4.69) is 10.6 Å². The van der Waals surface area contributed by atoms with E-state index in [0.717, 1.165) is 5.56 Å². The van der Waals surface area contributed by atoms with Crippen LogP contribution < -0.4 is 10.6 Å². The zero-order valence-electron chi connectivity index (χ0n) is 12.7. The van der Waals surface area contributed by atoms with Crippen molar-refractivity contribution in [2.75, 3.05) is 5.32 Å². The van der Waals surface area contributed by atoms with Gasteiger partial charge in [-0.05, 0) is 49.7 Å². The highest BCUT2D eigenvalue weighted by Gasteiger charge is 2.17. The van der Waals surface area contributed by atoms with Crippen LogP contribution in [-0.4, -0.2) is 11.9 Å². The molecule has 0 heterocycles. The Morgan fingerprint density at radius 1 is 0.957 bits per heavy atom. The van der Waals surface area contributed by atoms with Crippen LogP contribution in [0.3, 0.4) is 0 Å². The Labute approximate surface area is 150 Å². The molecule has 0 saturated carbocycles. The van der Waals surface area contributed by atoms with Crippen LogP contribution in [0.15, 0.2) is 42.5 Å². The van der Waals surface area contributed by atoms with Crippen LogP contribution in [0.25, 0.3) is 0 Å². The first kappa shape index (κ1) is 18.1. The summed E-state index contributed by atoms with van der Waals surface area (Å²) < 4.78 is 0. The second-order valence-corrected chi connectivity index (χ2v) is 6.56. The fourth-order valence-electron chi connectivity index (χ4n) is 2.13. The maximum absolute atomic E-state index is 12.3. The van der Waals surface area contributed by atoms with Crippen molar-refractivity contribution >= 4 is 46.4 Å². The number of nitrogens with one attached hydrogen (secondary N) is 2. The molecule has 2 atom stereocenters. The second-order valence-electron chi connectivity index (χ2n) is 5.28. The van der Waals surface area contributed by atoms with Gasteiger partial charge in [-0.15, -0.1) is 0 Å². The van der Waals surface area contributed by atoms with Gasteiger partial charge in [0.2, 0.25) is 5.91 Å². The summed E-state index contributed by atoms with van der Waals surface area (Å²) in [5.41, 5.74) is 1.55. The molecule has 0 unspecified atom stereocenters. The van der Waals surface area contributed by atoms with E-state index in [-0.39, 0.29) is 11.9 Å². The number of anilines is 1. The maximum atomic E-state index is 12.3. The summed E-state index contributed by atoms with van der Waals surface area (Å²) in [6, 6.07) is 12.0. The summed E-state index contributed by atoms with van der Waals surface area (Å²) in [5.74, 6) is -0.185. The fraction of sp³-hybridized carbons (Fsp3) is 0.235. The zero-order valence-corrected chi connectivity index (χ0v) is 15.0. The lowest BCUT2D eigenvalue weighted by Gasteiger charge is -2.20. The molecule has 2 rings (SSSR count). The van der Waals surface area contributed by atoms with Crippen LogP contribution in [-0.2, 0) is 4.79 Å². The monoisotopic (exact) mass is 370 g/mol. The van der Waals surface area contributed by atoms with Crippen molar-refractivity contribution in [1.82, 2.24) is 5.32 Å². The highest BCUT2D eigenvalue weighted by Crippen LogP contribution is 2.25. The summed E-state index contributed by atoms with van der Waals surface area (Å²) in [7, 11) is 0. The summed E-state index contributed by atoms with van der Waals surface area (Å²) in [6.07, 6.45) is 0. The first-order valence-electron chi connectivity index (χ1n) is 7.14. The maximum Gasteiger partial charge on any atom is 0.241 e. The number of halogens is 3. The van der Waals surface area contributed by atoms with Crippen molar-refractivity contribution in [3.8, 4) is 0 Å². The average molecular weight is 372 g/mol. The van der Waals surface area contributed by atoms with E-state index in [1.165, 1.54) is 0 Å². The number of benzene rings is 2. The van der Waals surface area contributed by atoms with Crippen LogP contribution in [0.5, 0.6) is 0 Å². The molecule has 0 aliphatic rings. The molecule has 1 amide bonds. The lowest BCUT2D eigenvalue weighted by Crippen LogP contribution is -2.39. The Bertz CT molecular complexity index is 689. The lowest BCUT2D eigenvalue weighted by atomic mass is 10.1. The van der Waals surface area contributed by atoms with E-state index in [9.17, 15) is 4.79 Å².